The minimum atomic E-state index is -1.75. The minimum absolute atomic E-state index is 0. The van der Waals surface area contributed by atoms with E-state index in [4.69, 9.17) is 30.6 Å². The van der Waals surface area contributed by atoms with Crippen molar-refractivity contribution in [2.45, 2.75) is 0 Å². The Morgan fingerprint density at radius 3 is 1.10 bits per heavy atom. The molecule has 0 fully saturated rings. The van der Waals surface area contributed by atoms with Gasteiger partial charge in [0.2, 0.25) is 0 Å². The summed E-state index contributed by atoms with van der Waals surface area (Å²) >= 11 is 6.75. The molecule has 29 heavy (non-hydrogen) atoms. The van der Waals surface area contributed by atoms with Crippen LogP contribution in [-0.2, 0) is 17.1 Å². The van der Waals surface area contributed by atoms with Gasteiger partial charge in [-0.25, -0.2) is 15.0 Å². The van der Waals surface area contributed by atoms with Crippen molar-refractivity contribution in [2.75, 3.05) is 0 Å². The number of rotatable bonds is 2. The van der Waals surface area contributed by atoms with Gasteiger partial charge in [0.25, 0.3) is 0 Å². The second-order valence-corrected chi connectivity index (χ2v) is 6.17. The molecule has 14 heteroatoms. The molecule has 0 aliphatic heterocycles. The van der Waals surface area contributed by atoms with Crippen molar-refractivity contribution < 1.29 is 27.2 Å². The Kier molecular flexibility index (Phi) is 12.3. The third kappa shape index (κ3) is 11.0. The summed E-state index contributed by atoms with van der Waals surface area (Å²) in [6, 6.07) is 17.4. The zero-order valence-corrected chi connectivity index (χ0v) is 18.1. The molecule has 3 heterocycles. The van der Waals surface area contributed by atoms with E-state index in [1.54, 1.807) is 0 Å². The summed E-state index contributed by atoms with van der Waals surface area (Å²) < 4.78 is 1.59. The predicted molar refractivity (Wildman–Crippen MR) is 107 cm³/mol. The van der Waals surface area contributed by atoms with Gasteiger partial charge in [-0.1, -0.05) is 18.2 Å². The third-order valence-corrected chi connectivity index (χ3v) is 3.59. The van der Waals surface area contributed by atoms with Crippen molar-refractivity contribution >= 4 is 31.9 Å². The minimum Gasteiger partial charge on any atom is -0.356 e. The molecule has 11 nitrogen and oxygen atoms in total. The summed E-state index contributed by atoms with van der Waals surface area (Å²) in [6.07, 6.45) is 0. The molecule has 3 rings (SSSR count). The van der Waals surface area contributed by atoms with Crippen molar-refractivity contribution in [2.24, 2.45) is 0 Å². The molecule has 0 aromatic carbocycles. The second kappa shape index (κ2) is 13.5. The maximum Gasteiger partial charge on any atom is 2.00 e. The Bertz CT molecular complexity index is 885. The van der Waals surface area contributed by atoms with Gasteiger partial charge in [0.05, 0.1) is 32.9 Å². The van der Waals surface area contributed by atoms with Crippen LogP contribution in [0.4, 0.5) is 0 Å². The Morgan fingerprint density at radius 2 is 0.828 bits per heavy atom. The van der Waals surface area contributed by atoms with Gasteiger partial charge in [0.15, 0.2) is 0 Å². The standard InChI is InChI=1S/C15H9Br2N3.Cu.2NO3/c16-14-8-2-6-12(19-14)10-4-1-5-11(18-10)13-7-3-9-15(17)20-13;;2*2-1(3)4/h1-9H;;;/q;+2;2*-1. The number of aromatic nitrogens is 3. The normalized spacial score (nSPS) is 8.90. The van der Waals surface area contributed by atoms with Crippen LogP contribution in [0.15, 0.2) is 63.8 Å². The summed E-state index contributed by atoms with van der Waals surface area (Å²) in [5, 5.41) is 29.5. The molecule has 0 saturated carbocycles. The average Bonchev–Trinajstić information content (AvgIpc) is 2.61. The fraction of sp³-hybridized carbons (Fsp3) is 0. The van der Waals surface area contributed by atoms with Gasteiger partial charge in [0.1, 0.15) is 9.21 Å². The molecule has 0 amide bonds. The van der Waals surface area contributed by atoms with Crippen LogP contribution in [-0.4, -0.2) is 25.1 Å². The van der Waals surface area contributed by atoms with Crippen LogP contribution >= 0.6 is 31.9 Å². The Labute approximate surface area is 190 Å². The molecule has 0 N–H and O–H groups in total. The number of nitrogens with zero attached hydrogens (tertiary/aromatic N) is 5. The summed E-state index contributed by atoms with van der Waals surface area (Å²) in [5.41, 5.74) is 3.31. The number of hydrogen-bond acceptors (Lipinski definition) is 9. The number of pyridine rings is 3. The molecule has 0 atom stereocenters. The van der Waals surface area contributed by atoms with Gasteiger partial charge in [-0.15, -0.1) is 0 Å². The van der Waals surface area contributed by atoms with E-state index in [2.05, 4.69) is 46.8 Å². The molecule has 3 aromatic heterocycles. The Hall–Kier alpha value is -2.67. The van der Waals surface area contributed by atoms with Gasteiger partial charge >= 0.3 is 17.1 Å². The van der Waals surface area contributed by atoms with Crippen molar-refractivity contribution in [3.63, 3.8) is 0 Å². The van der Waals surface area contributed by atoms with Gasteiger partial charge in [-0.2, -0.15) is 0 Å². The molecule has 0 saturated heterocycles. The first-order valence-electron chi connectivity index (χ1n) is 7.05. The maximum absolute atomic E-state index is 8.25. The van der Waals surface area contributed by atoms with Crippen LogP contribution in [0, 0.1) is 30.6 Å². The topological polar surface area (TPSA) is 171 Å². The SMILES string of the molecule is Brc1cccc(-c2cccc(-c3cccc(Br)n3)n2)n1.O=[N+]([O-])[O-].O=[N+]([O-])[O-].[Cu+2]. The first-order chi connectivity index (χ1) is 13.2. The molecule has 1 radical (unpaired) electrons. The molecular formula is C15H9Br2CuN5O6. The quantitative estimate of drug-likeness (QED) is 0.186. The van der Waals surface area contributed by atoms with Crippen LogP contribution in [0.25, 0.3) is 22.8 Å². The van der Waals surface area contributed by atoms with E-state index in [0.29, 0.717) is 0 Å². The molecule has 0 aliphatic rings. The van der Waals surface area contributed by atoms with Gasteiger partial charge in [-0.3, -0.25) is 0 Å². The van der Waals surface area contributed by atoms with E-state index in [9.17, 15) is 0 Å². The zero-order chi connectivity index (χ0) is 21.1. The number of hydrogen-bond donors (Lipinski definition) is 0. The molecule has 155 valence electrons. The van der Waals surface area contributed by atoms with Gasteiger partial charge < -0.3 is 30.6 Å². The smallest absolute Gasteiger partial charge is 0.356 e. The predicted octanol–water partition coefficient (Wildman–Crippen LogP) is 4.25. The molecule has 3 aromatic rings. The van der Waals surface area contributed by atoms with Gasteiger partial charge in [0, 0.05) is 0 Å². The zero-order valence-electron chi connectivity index (χ0n) is 13.9. The fourth-order valence-corrected chi connectivity index (χ4v) is 2.51. The Balaban J connectivity index is 0.000000752. The number of halogens is 2. The third-order valence-electron chi connectivity index (χ3n) is 2.70. The molecule has 0 aliphatic carbocycles. The molecule has 0 unspecified atom stereocenters. The first kappa shape index (κ1) is 26.3. The van der Waals surface area contributed by atoms with E-state index < -0.39 is 10.2 Å². The summed E-state index contributed by atoms with van der Waals surface area (Å²) in [6.45, 7) is 0. The van der Waals surface area contributed by atoms with E-state index >= 15 is 0 Å². The van der Waals surface area contributed by atoms with E-state index in [1.165, 1.54) is 0 Å². The van der Waals surface area contributed by atoms with E-state index in [-0.39, 0.29) is 17.1 Å². The monoisotopic (exact) mass is 576 g/mol. The maximum atomic E-state index is 8.25. The van der Waals surface area contributed by atoms with Crippen molar-refractivity contribution in [3.05, 3.63) is 94.4 Å². The summed E-state index contributed by atoms with van der Waals surface area (Å²) in [7, 11) is 0. The van der Waals surface area contributed by atoms with Crippen LogP contribution in [0.3, 0.4) is 0 Å². The van der Waals surface area contributed by atoms with Crippen LogP contribution < -0.4 is 0 Å². The largest absolute Gasteiger partial charge is 2.00 e. The summed E-state index contributed by atoms with van der Waals surface area (Å²) in [5.74, 6) is 0. The molecule has 0 bridgehead atoms. The average molecular weight is 579 g/mol. The van der Waals surface area contributed by atoms with Crippen molar-refractivity contribution in [3.8, 4) is 22.8 Å². The Morgan fingerprint density at radius 1 is 0.586 bits per heavy atom. The molecule has 0 spiro atoms. The second-order valence-electron chi connectivity index (χ2n) is 4.55. The van der Waals surface area contributed by atoms with E-state index in [1.807, 2.05) is 54.6 Å². The first-order valence-corrected chi connectivity index (χ1v) is 8.63. The van der Waals surface area contributed by atoms with Gasteiger partial charge in [-0.05, 0) is 68.3 Å². The van der Waals surface area contributed by atoms with Crippen molar-refractivity contribution in [1.29, 1.82) is 0 Å². The molecular weight excluding hydrogens is 570 g/mol. The fourth-order valence-electron chi connectivity index (χ4n) is 1.82. The van der Waals surface area contributed by atoms with E-state index in [0.717, 1.165) is 32.0 Å². The van der Waals surface area contributed by atoms with Crippen LogP contribution in [0.5, 0.6) is 0 Å². The summed E-state index contributed by atoms with van der Waals surface area (Å²) in [4.78, 5) is 30.0. The van der Waals surface area contributed by atoms with Crippen LogP contribution in [0.2, 0.25) is 0 Å². The van der Waals surface area contributed by atoms with Crippen molar-refractivity contribution in [1.82, 2.24) is 15.0 Å². The van der Waals surface area contributed by atoms with Crippen LogP contribution in [0.1, 0.15) is 0 Å².